The summed E-state index contributed by atoms with van der Waals surface area (Å²) in [7, 11) is -11.5. The van der Waals surface area contributed by atoms with Crippen LogP contribution in [-0.2, 0) is 46.6 Å². The molecule has 1 unspecified atom stereocenters. The summed E-state index contributed by atoms with van der Waals surface area (Å²) in [5.74, 6) is -5.59. The third-order valence-electron chi connectivity index (χ3n) is 11.9. The molecule has 22 heteroatoms. The van der Waals surface area contributed by atoms with E-state index in [-0.39, 0.29) is 38.5 Å². The van der Waals surface area contributed by atoms with Crippen molar-refractivity contribution in [3.05, 3.63) is 48.6 Å². The van der Waals surface area contributed by atoms with Crippen molar-refractivity contribution in [2.75, 3.05) is 13.2 Å². The summed E-state index contributed by atoms with van der Waals surface area (Å²) < 4.78 is 52.0. The van der Waals surface area contributed by atoms with E-state index < -0.39 is 132 Å². The topological polar surface area (TPSA) is 334 Å². The standard InChI is InChI=1S/C47H80O20P2/c1-3-5-7-8-9-10-11-12-13-14-15-16-17-18-20-25-40(52)63-31-35-32-64-69(61,62)67-47-45(57)44(56)42(54)37(29-34(49)24-21-22-26-41(53)65-35)39(51)30-38(50)36(28-27-33(48)23-19-6-4-2)43(55)46(47)66-68(58,59)60/h5,7,9-10,12-13,27-28,33,35-39,42-48,50-51,54-57H,3-4,6,8,11,14-26,29-32H2,1-2H3,(H,61,62)(H2,58,59,60)/b7-5-,10-9-,13-12-,28-27+/t33-,35+,36-,37-,38+,39-,42+,43+,44-,45+,46+,47-/m0/s1. The molecule has 0 aromatic rings. The number of ketones is 1. The van der Waals surface area contributed by atoms with Gasteiger partial charge in [0.15, 0.2) is 6.10 Å². The lowest BCUT2D eigenvalue weighted by molar-refractivity contribution is -0.166. The number of aliphatic hydroxyl groups is 7. The van der Waals surface area contributed by atoms with Gasteiger partial charge in [-0.1, -0.05) is 101 Å². The van der Waals surface area contributed by atoms with Crippen LogP contribution in [0.2, 0.25) is 0 Å². The van der Waals surface area contributed by atoms with Gasteiger partial charge in [-0.2, -0.15) is 0 Å². The second-order valence-corrected chi connectivity index (χ2v) is 20.4. The summed E-state index contributed by atoms with van der Waals surface area (Å²) in [6, 6.07) is 0. The normalized spacial score (nSPS) is 31.6. The maximum absolute atomic E-state index is 13.7. The van der Waals surface area contributed by atoms with Crippen molar-refractivity contribution in [3.63, 3.8) is 0 Å². The minimum absolute atomic E-state index is 0.00839. The Hall–Kier alpha value is -2.49. The van der Waals surface area contributed by atoms with E-state index in [9.17, 15) is 73.9 Å². The lowest BCUT2D eigenvalue weighted by Crippen LogP contribution is -2.56. The predicted octanol–water partition coefficient (Wildman–Crippen LogP) is 4.84. The number of esters is 2. The molecule has 0 radical (unpaired) electrons. The highest BCUT2D eigenvalue weighted by Gasteiger charge is 2.52. The van der Waals surface area contributed by atoms with Crippen LogP contribution in [-0.4, -0.2) is 142 Å². The number of fused-ring (bicyclic) bond motifs is 4. The Morgan fingerprint density at radius 2 is 1.48 bits per heavy atom. The van der Waals surface area contributed by atoms with Gasteiger partial charge in [-0.05, 0) is 57.8 Å². The first-order chi connectivity index (χ1) is 32.7. The molecule has 1 saturated carbocycles. The van der Waals surface area contributed by atoms with Crippen LogP contribution >= 0.6 is 15.6 Å². The summed E-state index contributed by atoms with van der Waals surface area (Å²) >= 11 is 0. The molecule has 0 spiro atoms. The first kappa shape index (κ1) is 62.6. The third-order valence-corrected chi connectivity index (χ3v) is 13.4. The summed E-state index contributed by atoms with van der Waals surface area (Å²) in [6.45, 7) is 2.33. The van der Waals surface area contributed by atoms with Gasteiger partial charge >= 0.3 is 27.6 Å². The van der Waals surface area contributed by atoms with E-state index in [0.29, 0.717) is 12.8 Å². The van der Waals surface area contributed by atoms with Gasteiger partial charge in [-0.25, -0.2) is 9.13 Å². The first-order valence-corrected chi connectivity index (χ1v) is 27.4. The van der Waals surface area contributed by atoms with Crippen molar-refractivity contribution in [3.8, 4) is 0 Å². The largest absolute Gasteiger partial charge is 0.472 e. The highest BCUT2D eigenvalue weighted by molar-refractivity contribution is 7.47. The van der Waals surface area contributed by atoms with Gasteiger partial charge in [0.25, 0.3) is 0 Å². The number of cyclic esters (lactones) is 1. The number of carbonyl (C=O) groups excluding carboxylic acids is 3. The SMILES string of the molecule is CC/C=C\C/C=C\C/C=C\CCCCCCCC(=O)OC[C@@H]1COP(=O)(O)O[C@H]2[C@H](O)[C@@H](O)[C@H](O)[C@@H](CC(=O)CCCCC(=O)O1)[C@@H](O)C[C@@H](O)[C@H](/C=C/[C@@H](O)CCCCC)[C@@H](O)[C@H]2OP(=O)(O)O. The Balaban J connectivity index is 2.34. The fourth-order valence-electron chi connectivity index (χ4n) is 7.98. The monoisotopic (exact) mass is 1030 g/mol. The van der Waals surface area contributed by atoms with E-state index in [2.05, 4.69) is 43.4 Å². The molecule has 1 aliphatic carbocycles. The molecule has 1 aliphatic heterocycles. The molecule has 1 heterocycles. The second kappa shape index (κ2) is 34.0. The van der Waals surface area contributed by atoms with Crippen molar-refractivity contribution < 1.29 is 97.0 Å². The van der Waals surface area contributed by atoms with Crippen LogP contribution in [0, 0.1) is 11.8 Å². The number of ether oxygens (including phenoxy) is 2. The number of rotatable bonds is 23. The fourth-order valence-corrected chi connectivity index (χ4v) is 9.51. The molecule has 0 aromatic carbocycles. The zero-order chi connectivity index (χ0) is 51.4. The molecule has 10 N–H and O–H groups in total. The van der Waals surface area contributed by atoms with Gasteiger partial charge in [0.1, 0.15) is 36.8 Å². The molecule has 0 aromatic heterocycles. The van der Waals surface area contributed by atoms with Crippen LogP contribution in [0.4, 0.5) is 0 Å². The van der Waals surface area contributed by atoms with E-state index >= 15 is 0 Å². The number of phosphoric ester groups is 2. The van der Waals surface area contributed by atoms with Crippen molar-refractivity contribution in [2.45, 2.75) is 203 Å². The van der Waals surface area contributed by atoms with Crippen LogP contribution in [0.15, 0.2) is 48.6 Å². The Morgan fingerprint density at radius 3 is 2.16 bits per heavy atom. The quantitative estimate of drug-likeness (QED) is 0.0283. The lowest BCUT2D eigenvalue weighted by Gasteiger charge is -2.38. The highest BCUT2D eigenvalue weighted by Crippen LogP contribution is 2.50. The number of allylic oxidation sites excluding steroid dienone is 6. The van der Waals surface area contributed by atoms with Crippen LogP contribution in [0.5, 0.6) is 0 Å². The van der Waals surface area contributed by atoms with E-state index in [0.717, 1.165) is 76.4 Å². The van der Waals surface area contributed by atoms with Gasteiger partial charge in [0.05, 0.1) is 37.1 Å². The number of hydrogen-bond acceptors (Lipinski definition) is 17. The van der Waals surface area contributed by atoms with Crippen molar-refractivity contribution in [1.82, 2.24) is 0 Å². The molecule has 2 fully saturated rings. The number of unbranched alkanes of at least 4 members (excludes halogenated alkanes) is 7. The van der Waals surface area contributed by atoms with Crippen LogP contribution in [0.3, 0.4) is 0 Å². The molecule has 398 valence electrons. The Labute approximate surface area is 406 Å². The van der Waals surface area contributed by atoms with Crippen LogP contribution in [0.25, 0.3) is 0 Å². The van der Waals surface area contributed by atoms with Crippen molar-refractivity contribution in [1.29, 1.82) is 0 Å². The van der Waals surface area contributed by atoms with Crippen LogP contribution in [0.1, 0.15) is 142 Å². The fraction of sp³-hybridized carbons (Fsp3) is 0.766. The second-order valence-electron chi connectivity index (χ2n) is 17.8. The van der Waals surface area contributed by atoms with E-state index in [1.165, 1.54) is 0 Å². The predicted molar refractivity (Wildman–Crippen MR) is 253 cm³/mol. The number of Topliss-reactive ketones (excluding diaryl/α,β-unsaturated/α-hetero) is 1. The molecule has 1 saturated heterocycles. The number of hydrogen-bond donors (Lipinski definition) is 10. The maximum atomic E-state index is 13.7. The van der Waals surface area contributed by atoms with Gasteiger partial charge < -0.3 is 59.9 Å². The Kier molecular flexibility index (Phi) is 30.9. The van der Waals surface area contributed by atoms with E-state index in [1.54, 1.807) is 0 Å². The van der Waals surface area contributed by atoms with E-state index in [1.807, 2.05) is 6.92 Å². The van der Waals surface area contributed by atoms with Gasteiger partial charge in [-0.3, -0.25) is 28.0 Å². The number of carbonyl (C=O) groups is 3. The third kappa shape index (κ3) is 26.2. The van der Waals surface area contributed by atoms with E-state index in [4.69, 9.17) is 23.0 Å². The smallest absolute Gasteiger partial charge is 0.462 e. The summed E-state index contributed by atoms with van der Waals surface area (Å²) in [4.78, 5) is 69.9. The molecule has 0 amide bonds. The average molecular weight is 1030 g/mol. The maximum Gasteiger partial charge on any atom is 0.472 e. The lowest BCUT2D eigenvalue weighted by atomic mass is 9.82. The molecular weight excluding hydrogens is 946 g/mol. The number of phosphoric acid groups is 2. The minimum atomic E-state index is -5.81. The van der Waals surface area contributed by atoms with Crippen LogP contribution < -0.4 is 0 Å². The summed E-state index contributed by atoms with van der Waals surface area (Å²) in [6.07, 6.45) is 1.39. The zero-order valence-electron chi connectivity index (χ0n) is 40.1. The molecule has 2 bridgehead atoms. The number of aliphatic hydroxyl groups excluding tert-OH is 7. The van der Waals surface area contributed by atoms with Gasteiger partial charge in [-0.15, -0.1) is 0 Å². The molecule has 13 atom stereocenters. The summed E-state index contributed by atoms with van der Waals surface area (Å²) in [5, 5.41) is 79.6. The first-order valence-electron chi connectivity index (χ1n) is 24.4. The van der Waals surface area contributed by atoms with Gasteiger partial charge in [0.2, 0.25) is 0 Å². The Morgan fingerprint density at radius 1 is 0.826 bits per heavy atom. The molecule has 69 heavy (non-hydrogen) atoms. The zero-order valence-corrected chi connectivity index (χ0v) is 41.8. The van der Waals surface area contributed by atoms with Gasteiger partial charge in [0, 0.05) is 43.9 Å². The highest BCUT2D eigenvalue weighted by atomic mass is 31.2. The summed E-state index contributed by atoms with van der Waals surface area (Å²) in [5.41, 5.74) is 0. The molecule has 2 aliphatic rings. The molecular formula is C47H80O20P2. The molecule has 2 rings (SSSR count). The molecule has 20 nitrogen and oxygen atoms in total. The van der Waals surface area contributed by atoms with Crippen molar-refractivity contribution in [2.24, 2.45) is 11.8 Å². The minimum Gasteiger partial charge on any atom is -0.462 e. The van der Waals surface area contributed by atoms with Crippen molar-refractivity contribution >= 4 is 33.4 Å². The average Bonchev–Trinajstić information content (AvgIpc) is 3.29. The Bertz CT molecular complexity index is 1700.